The molecule has 17 heavy (non-hydrogen) atoms. The molecule has 0 radical (unpaired) electrons. The van der Waals surface area contributed by atoms with Gasteiger partial charge in [0.1, 0.15) is 0 Å². The van der Waals surface area contributed by atoms with E-state index in [-0.39, 0.29) is 23.5 Å². The predicted molar refractivity (Wildman–Crippen MR) is 64.1 cm³/mol. The SMILES string of the molecule is NCC1CCCC1NC(=O)c1nccnc1N. The fourth-order valence-electron chi connectivity index (χ4n) is 2.27. The highest BCUT2D eigenvalue weighted by molar-refractivity contribution is 5.96. The summed E-state index contributed by atoms with van der Waals surface area (Å²) >= 11 is 0. The Morgan fingerprint density at radius 3 is 2.88 bits per heavy atom. The molecular weight excluding hydrogens is 218 g/mol. The van der Waals surface area contributed by atoms with Crippen molar-refractivity contribution in [1.82, 2.24) is 15.3 Å². The van der Waals surface area contributed by atoms with Crippen molar-refractivity contribution in [3.8, 4) is 0 Å². The monoisotopic (exact) mass is 235 g/mol. The Labute approximate surface area is 99.8 Å². The van der Waals surface area contributed by atoms with Crippen molar-refractivity contribution in [1.29, 1.82) is 0 Å². The van der Waals surface area contributed by atoms with Crippen LogP contribution < -0.4 is 16.8 Å². The van der Waals surface area contributed by atoms with E-state index in [0.29, 0.717) is 12.5 Å². The maximum Gasteiger partial charge on any atom is 0.273 e. The van der Waals surface area contributed by atoms with Gasteiger partial charge >= 0.3 is 0 Å². The lowest BCUT2D eigenvalue weighted by molar-refractivity contribution is 0.0924. The summed E-state index contributed by atoms with van der Waals surface area (Å²) in [5.74, 6) is 0.255. The summed E-state index contributed by atoms with van der Waals surface area (Å²) in [5, 5.41) is 2.94. The van der Waals surface area contributed by atoms with Gasteiger partial charge in [-0.05, 0) is 25.3 Å². The number of carbonyl (C=O) groups is 1. The molecule has 1 saturated carbocycles. The molecule has 0 saturated heterocycles. The average molecular weight is 235 g/mol. The van der Waals surface area contributed by atoms with Crippen molar-refractivity contribution < 1.29 is 4.79 Å². The zero-order valence-corrected chi connectivity index (χ0v) is 9.60. The van der Waals surface area contributed by atoms with Crippen LogP contribution in [0, 0.1) is 5.92 Å². The van der Waals surface area contributed by atoms with E-state index in [1.54, 1.807) is 0 Å². The number of nitrogens with one attached hydrogen (secondary N) is 1. The van der Waals surface area contributed by atoms with Gasteiger partial charge in [0.25, 0.3) is 5.91 Å². The van der Waals surface area contributed by atoms with Crippen LogP contribution in [0.3, 0.4) is 0 Å². The molecule has 0 bridgehead atoms. The van der Waals surface area contributed by atoms with Gasteiger partial charge in [0.05, 0.1) is 0 Å². The average Bonchev–Trinajstić information content (AvgIpc) is 2.76. The Morgan fingerprint density at radius 2 is 2.18 bits per heavy atom. The molecule has 1 aromatic heterocycles. The molecule has 6 nitrogen and oxygen atoms in total. The van der Waals surface area contributed by atoms with E-state index in [1.807, 2.05) is 0 Å². The molecule has 6 heteroatoms. The van der Waals surface area contributed by atoms with E-state index in [1.165, 1.54) is 12.4 Å². The first kappa shape index (κ1) is 11.8. The van der Waals surface area contributed by atoms with Gasteiger partial charge in [-0.1, -0.05) is 6.42 Å². The molecule has 2 rings (SSSR count). The van der Waals surface area contributed by atoms with Crippen LogP contribution >= 0.6 is 0 Å². The van der Waals surface area contributed by atoms with Gasteiger partial charge in [-0.3, -0.25) is 4.79 Å². The minimum atomic E-state index is -0.263. The number of hydrogen-bond donors (Lipinski definition) is 3. The molecular formula is C11H17N5O. The molecule has 0 spiro atoms. The Hall–Kier alpha value is -1.69. The molecule has 1 aliphatic rings. The third-order valence-electron chi connectivity index (χ3n) is 3.22. The second-order valence-corrected chi connectivity index (χ2v) is 4.30. The predicted octanol–water partition coefficient (Wildman–Crippen LogP) is -0.0840. The lowest BCUT2D eigenvalue weighted by Crippen LogP contribution is -2.40. The fraction of sp³-hybridized carbons (Fsp3) is 0.545. The summed E-state index contributed by atoms with van der Waals surface area (Å²) in [6.07, 6.45) is 6.05. The van der Waals surface area contributed by atoms with Gasteiger partial charge in [-0.25, -0.2) is 9.97 Å². The highest BCUT2D eigenvalue weighted by Gasteiger charge is 2.28. The molecule has 1 aliphatic carbocycles. The number of carbonyl (C=O) groups excluding carboxylic acids is 1. The van der Waals surface area contributed by atoms with Crippen LogP contribution in [-0.2, 0) is 0 Å². The third-order valence-corrected chi connectivity index (χ3v) is 3.22. The molecule has 5 N–H and O–H groups in total. The maximum absolute atomic E-state index is 11.9. The van der Waals surface area contributed by atoms with Crippen molar-refractivity contribution >= 4 is 11.7 Å². The summed E-state index contributed by atoms with van der Waals surface area (Å²) < 4.78 is 0. The number of anilines is 1. The molecule has 92 valence electrons. The van der Waals surface area contributed by atoms with Gasteiger partial charge in [0.2, 0.25) is 0 Å². The maximum atomic E-state index is 11.9. The van der Waals surface area contributed by atoms with Gasteiger partial charge in [0, 0.05) is 18.4 Å². The molecule has 0 aromatic carbocycles. The number of aromatic nitrogens is 2. The molecule has 0 aliphatic heterocycles. The summed E-state index contributed by atoms with van der Waals surface area (Å²) in [6, 6.07) is 0.133. The molecule has 2 atom stereocenters. The summed E-state index contributed by atoms with van der Waals surface area (Å²) in [6.45, 7) is 0.598. The number of hydrogen-bond acceptors (Lipinski definition) is 5. The lowest BCUT2D eigenvalue weighted by atomic mass is 10.0. The van der Waals surface area contributed by atoms with E-state index in [9.17, 15) is 4.79 Å². The summed E-state index contributed by atoms with van der Waals surface area (Å²) in [4.78, 5) is 19.7. The van der Waals surface area contributed by atoms with E-state index >= 15 is 0 Å². The van der Waals surface area contributed by atoms with Crippen molar-refractivity contribution in [3.63, 3.8) is 0 Å². The van der Waals surface area contributed by atoms with Crippen LogP contribution in [0.2, 0.25) is 0 Å². The first-order valence-electron chi connectivity index (χ1n) is 5.79. The van der Waals surface area contributed by atoms with E-state index in [4.69, 9.17) is 11.5 Å². The Balaban J connectivity index is 2.04. The van der Waals surface area contributed by atoms with Crippen molar-refractivity contribution in [2.24, 2.45) is 11.7 Å². The quantitative estimate of drug-likeness (QED) is 0.679. The minimum Gasteiger partial charge on any atom is -0.382 e. The molecule has 2 unspecified atom stereocenters. The van der Waals surface area contributed by atoms with Crippen LogP contribution in [0.1, 0.15) is 29.8 Å². The van der Waals surface area contributed by atoms with Gasteiger partial charge < -0.3 is 16.8 Å². The standard InChI is InChI=1S/C11H17N5O/c12-6-7-2-1-3-8(7)16-11(17)9-10(13)15-5-4-14-9/h4-5,7-8H,1-3,6,12H2,(H2,13,15)(H,16,17). The van der Waals surface area contributed by atoms with Crippen molar-refractivity contribution in [3.05, 3.63) is 18.1 Å². The Kier molecular flexibility index (Phi) is 3.53. The second-order valence-electron chi connectivity index (χ2n) is 4.30. The number of nitrogens with two attached hydrogens (primary N) is 2. The normalized spacial score (nSPS) is 23.6. The molecule has 1 heterocycles. The van der Waals surface area contributed by atoms with Gasteiger partial charge in [-0.15, -0.1) is 0 Å². The summed E-state index contributed by atoms with van der Waals surface area (Å²) in [7, 11) is 0. The van der Waals surface area contributed by atoms with Crippen molar-refractivity contribution in [2.75, 3.05) is 12.3 Å². The topological polar surface area (TPSA) is 107 Å². The van der Waals surface area contributed by atoms with Crippen LogP contribution in [0.5, 0.6) is 0 Å². The van der Waals surface area contributed by atoms with Crippen molar-refractivity contribution in [2.45, 2.75) is 25.3 Å². The van der Waals surface area contributed by atoms with Gasteiger partial charge in [0.15, 0.2) is 11.5 Å². The van der Waals surface area contributed by atoms with E-state index in [0.717, 1.165) is 19.3 Å². The minimum absolute atomic E-state index is 0.133. The van der Waals surface area contributed by atoms with E-state index < -0.39 is 0 Å². The number of rotatable bonds is 3. The zero-order chi connectivity index (χ0) is 12.3. The third kappa shape index (κ3) is 2.52. The Bertz CT molecular complexity index is 409. The second kappa shape index (κ2) is 5.09. The lowest BCUT2D eigenvalue weighted by Gasteiger charge is -2.19. The smallest absolute Gasteiger partial charge is 0.273 e. The molecule has 1 amide bonds. The first-order chi connectivity index (χ1) is 8.22. The number of amides is 1. The highest BCUT2D eigenvalue weighted by atomic mass is 16.2. The van der Waals surface area contributed by atoms with Gasteiger partial charge in [-0.2, -0.15) is 0 Å². The summed E-state index contributed by atoms with van der Waals surface area (Å²) in [5.41, 5.74) is 11.5. The van der Waals surface area contributed by atoms with Crippen LogP contribution in [0.25, 0.3) is 0 Å². The zero-order valence-electron chi connectivity index (χ0n) is 9.60. The largest absolute Gasteiger partial charge is 0.382 e. The van der Waals surface area contributed by atoms with Crippen LogP contribution in [-0.4, -0.2) is 28.5 Å². The first-order valence-corrected chi connectivity index (χ1v) is 5.79. The number of nitrogen functional groups attached to an aromatic ring is 1. The fourth-order valence-corrected chi connectivity index (χ4v) is 2.27. The van der Waals surface area contributed by atoms with Crippen LogP contribution in [0.4, 0.5) is 5.82 Å². The molecule has 1 aromatic rings. The molecule has 1 fully saturated rings. The number of nitrogens with zero attached hydrogens (tertiary/aromatic N) is 2. The van der Waals surface area contributed by atoms with Crippen LogP contribution in [0.15, 0.2) is 12.4 Å². The Morgan fingerprint density at radius 1 is 1.41 bits per heavy atom. The highest BCUT2D eigenvalue weighted by Crippen LogP contribution is 2.24. The van der Waals surface area contributed by atoms with E-state index in [2.05, 4.69) is 15.3 Å².